The molecule has 0 saturated heterocycles. The van der Waals surface area contributed by atoms with Crippen molar-refractivity contribution in [3.8, 4) is 0 Å². The van der Waals surface area contributed by atoms with Crippen LogP contribution in [0.2, 0.25) is 0 Å². The van der Waals surface area contributed by atoms with Gasteiger partial charge in [-0.15, -0.1) is 0 Å². The van der Waals surface area contributed by atoms with Crippen LogP contribution in [0.1, 0.15) is 0 Å². The fourth-order valence-corrected chi connectivity index (χ4v) is 0. The van der Waals surface area contributed by atoms with Crippen molar-refractivity contribution < 1.29 is 45.0 Å². The number of halogens is 4. The van der Waals surface area contributed by atoms with Crippen LogP contribution < -0.4 is 0 Å². The molecule has 36 valence electrons. The topological polar surface area (TPSA) is 0 Å². The average Bonchev–Trinajstić information content (AvgIpc) is 1.39. The number of rotatable bonds is 0. The molecule has 0 amide bonds. The second-order valence-electron chi connectivity index (χ2n) is 0.143. The Morgan fingerprint density at radius 2 is 0.667 bits per heavy atom. The van der Waals surface area contributed by atoms with Gasteiger partial charge in [0.1, 0.15) is 0 Å². The molecule has 6 heavy (non-hydrogen) atoms. The van der Waals surface area contributed by atoms with Gasteiger partial charge in [0.15, 0.2) is 0 Å². The first-order chi connectivity index (χ1) is 2.83. The predicted octanol–water partition coefficient (Wildman–Crippen LogP) is 3.38. The van der Waals surface area contributed by atoms with Crippen molar-refractivity contribution in [1.29, 1.82) is 0 Å². The van der Waals surface area contributed by atoms with E-state index in [2.05, 4.69) is 44.6 Å². The Kier molecular flexibility index (Phi) is 33.8. The van der Waals surface area contributed by atoms with Gasteiger partial charge in [0.25, 0.3) is 0 Å². The van der Waals surface area contributed by atoms with Crippen molar-refractivity contribution in [2.75, 3.05) is 0 Å². The van der Waals surface area contributed by atoms with Crippen molar-refractivity contribution in [2.24, 2.45) is 0 Å². The van der Waals surface area contributed by atoms with Crippen LogP contribution in [-0.2, 0) is 0 Å². The Labute approximate surface area is 86.7 Å². The summed E-state index contributed by atoms with van der Waals surface area (Å²) in [6, 6.07) is 0. The van der Waals surface area contributed by atoms with Crippen LogP contribution in [-0.4, -0.2) is 0 Å². The second kappa shape index (κ2) is 16.0. The van der Waals surface area contributed by atoms with Gasteiger partial charge in [-0.3, -0.25) is 0 Å². The Hall–Kier alpha value is 4.02. The van der Waals surface area contributed by atoms with Gasteiger partial charge < -0.3 is 0 Å². The molecule has 0 nitrogen and oxygen atoms in total. The monoisotopic (exact) mass is 792 g/mol. The molecule has 0 aromatic rings. The molecule has 0 saturated carbocycles. The molecule has 0 N–H and O–H groups in total. The van der Waals surface area contributed by atoms with E-state index in [0.717, 1.165) is 0 Å². The summed E-state index contributed by atoms with van der Waals surface area (Å²) in [6.07, 6.45) is 0. The van der Waals surface area contributed by atoms with Gasteiger partial charge in [0.05, 0.1) is 0 Å². The Morgan fingerprint density at radius 3 is 0.667 bits per heavy atom. The Bertz CT molecular complexity index is 7.51. The van der Waals surface area contributed by atoms with E-state index >= 15 is 0 Å². The number of hydrogen-bond acceptors (Lipinski definition) is 0. The summed E-state index contributed by atoms with van der Waals surface area (Å²) < 4.78 is 0. The third-order valence-electron chi connectivity index (χ3n) is 0. The zero-order valence-electron chi connectivity index (χ0n) is 2.51. The third kappa shape index (κ3) is 24.4. The van der Waals surface area contributed by atoms with Crippen LogP contribution in [0.25, 0.3) is 0 Å². The molecule has 0 bridgehead atoms. The first-order valence-electron chi connectivity index (χ1n) is 0.756. The van der Waals surface area contributed by atoms with E-state index in [1.54, 1.807) is 0 Å². The quantitative estimate of drug-likeness (QED) is 0.354. The van der Waals surface area contributed by atoms with E-state index in [4.69, 9.17) is 0 Å². The van der Waals surface area contributed by atoms with Crippen LogP contribution in [0, 0.1) is 45.0 Å². The van der Waals surface area contributed by atoms with Crippen LogP contribution in [0.4, 0.5) is 0 Å². The van der Waals surface area contributed by atoms with E-state index < -0.39 is 0 Å². The van der Waals surface area contributed by atoms with Crippen molar-refractivity contribution in [1.82, 2.24) is 0 Å². The standard InChI is InChI=1S/4BrH.2U/h4*1H;;/q;;;;2*+2/p-4. The SMILES string of the molecule is [Br][U][Br].[Br][U][Br]. The summed E-state index contributed by atoms with van der Waals surface area (Å²) in [5, 5.41) is 0. The Balaban J connectivity index is 0. The van der Waals surface area contributed by atoms with Crippen molar-refractivity contribution in [3.63, 3.8) is 0 Å². The van der Waals surface area contributed by atoms with Gasteiger partial charge in [-0.2, -0.15) is 0 Å². The van der Waals surface area contributed by atoms with E-state index in [9.17, 15) is 0 Å². The van der Waals surface area contributed by atoms with Crippen molar-refractivity contribution in [2.45, 2.75) is 0 Å². The summed E-state index contributed by atoms with van der Waals surface area (Å²) in [5.74, 6) is 0. The van der Waals surface area contributed by atoms with Crippen molar-refractivity contribution >= 4 is 44.6 Å². The molecule has 0 aliphatic carbocycles. The van der Waals surface area contributed by atoms with Gasteiger partial charge in [0, 0.05) is 0 Å². The van der Waals surface area contributed by atoms with Gasteiger partial charge >= 0.3 is 89.7 Å². The summed E-state index contributed by atoms with van der Waals surface area (Å²) >= 11 is 12.3. The maximum atomic E-state index is 3.27. The molecule has 0 heterocycles. The maximum absolute atomic E-state index is 3.27. The zero-order chi connectivity index (χ0) is 5.41. The molecular weight excluding hydrogens is 796 g/mol. The molecule has 0 aliphatic rings. The Morgan fingerprint density at radius 1 is 0.667 bits per heavy atom. The summed E-state index contributed by atoms with van der Waals surface area (Å²) in [6.45, 7) is 0. The molecule has 0 spiro atoms. The van der Waals surface area contributed by atoms with Crippen LogP contribution in [0.3, 0.4) is 0 Å². The molecule has 0 aliphatic heterocycles. The first-order valence-corrected chi connectivity index (χ1v) is 36.6. The normalized spacial score (nSPS) is 3.33. The molecule has 0 atom stereocenters. The minimum atomic E-state index is -0.380. The fraction of sp³-hybridized carbons (Fsp3) is 0. The van der Waals surface area contributed by atoms with Gasteiger partial charge in [-0.1, -0.05) is 0 Å². The van der Waals surface area contributed by atoms with Crippen molar-refractivity contribution in [3.05, 3.63) is 0 Å². The molecule has 0 aromatic heterocycles. The molecule has 0 rings (SSSR count). The summed E-state index contributed by atoms with van der Waals surface area (Å²) in [7, 11) is 0. The average molecular weight is 796 g/mol. The predicted molar refractivity (Wildman–Crippen MR) is 35.7 cm³/mol. The van der Waals surface area contributed by atoms with Crippen LogP contribution >= 0.6 is 44.6 Å². The molecule has 0 fully saturated rings. The van der Waals surface area contributed by atoms with E-state index in [-0.39, 0.29) is 45.0 Å². The zero-order valence-corrected chi connectivity index (χ0v) is 17.2. The molecule has 0 unspecified atom stereocenters. The van der Waals surface area contributed by atoms with Gasteiger partial charge in [-0.25, -0.2) is 0 Å². The van der Waals surface area contributed by atoms with Gasteiger partial charge in [-0.05, 0) is 0 Å². The molecule has 6 heteroatoms. The summed E-state index contributed by atoms with van der Waals surface area (Å²) in [4.78, 5) is 0. The fourth-order valence-electron chi connectivity index (χ4n) is 0. The molecule has 0 aromatic carbocycles. The van der Waals surface area contributed by atoms with Gasteiger partial charge in [0.2, 0.25) is 0 Å². The summed E-state index contributed by atoms with van der Waals surface area (Å²) in [5.41, 5.74) is 0. The minimum absolute atomic E-state index is 0.380. The van der Waals surface area contributed by atoms with Crippen LogP contribution in [0.15, 0.2) is 0 Å². The van der Waals surface area contributed by atoms with E-state index in [1.807, 2.05) is 0 Å². The van der Waals surface area contributed by atoms with E-state index in [0.29, 0.717) is 0 Å². The molecular formula is Br4U2. The number of hydrogen-bond donors (Lipinski definition) is 0. The first kappa shape index (κ1) is 12.7. The van der Waals surface area contributed by atoms with E-state index in [1.165, 1.54) is 0 Å². The van der Waals surface area contributed by atoms with Crippen LogP contribution in [0.5, 0.6) is 0 Å². The third-order valence-corrected chi connectivity index (χ3v) is 0. The second-order valence-corrected chi connectivity index (χ2v) is 36.0. The molecule has 0 radical (unpaired) electrons.